The van der Waals surface area contributed by atoms with Gasteiger partial charge in [0.2, 0.25) is 0 Å². The molecule has 1 aromatic heterocycles. The molecule has 20 heavy (non-hydrogen) atoms. The Balaban J connectivity index is 2.30. The topological polar surface area (TPSA) is 58.2 Å². The van der Waals surface area contributed by atoms with Gasteiger partial charge in [0, 0.05) is 26.5 Å². The minimum absolute atomic E-state index is 0.340. The maximum Gasteiger partial charge on any atom is 0.263 e. The van der Waals surface area contributed by atoms with Crippen LogP contribution in [0, 0.1) is 6.92 Å². The molecule has 108 valence electrons. The highest BCUT2D eigenvalue weighted by Crippen LogP contribution is 2.28. The molecule has 2 aromatic rings. The summed E-state index contributed by atoms with van der Waals surface area (Å²) in [6.45, 7) is 2.48. The summed E-state index contributed by atoms with van der Waals surface area (Å²) >= 11 is 4.81. The highest BCUT2D eigenvalue weighted by molar-refractivity contribution is 9.10. The van der Waals surface area contributed by atoms with Gasteiger partial charge in [-0.3, -0.25) is 4.72 Å². The van der Waals surface area contributed by atoms with Crippen LogP contribution in [0.5, 0.6) is 0 Å². The van der Waals surface area contributed by atoms with E-state index in [2.05, 4.69) is 26.0 Å². The van der Waals surface area contributed by atoms with Crippen LogP contribution in [-0.2, 0) is 16.6 Å². The van der Waals surface area contributed by atoms with Gasteiger partial charge < -0.3 is 5.32 Å². The van der Waals surface area contributed by atoms with E-state index in [1.165, 1.54) is 11.3 Å². The number of rotatable bonds is 5. The first-order chi connectivity index (χ1) is 9.42. The van der Waals surface area contributed by atoms with Crippen LogP contribution in [0.4, 0.5) is 5.69 Å². The second-order valence-corrected chi connectivity index (χ2v) is 8.19. The lowest BCUT2D eigenvalue weighted by molar-refractivity contribution is 0.601. The monoisotopic (exact) mass is 374 g/mol. The summed E-state index contributed by atoms with van der Waals surface area (Å²) in [5.74, 6) is 0. The number of benzene rings is 1. The van der Waals surface area contributed by atoms with E-state index in [1.54, 1.807) is 24.3 Å². The van der Waals surface area contributed by atoms with Crippen LogP contribution in [0.1, 0.15) is 9.75 Å². The lowest BCUT2D eigenvalue weighted by atomic mass is 10.3. The first-order valence-corrected chi connectivity index (χ1v) is 9.04. The number of anilines is 1. The summed E-state index contributed by atoms with van der Waals surface area (Å²) in [4.78, 5) is 2.13. The van der Waals surface area contributed by atoms with Crippen LogP contribution in [0.2, 0.25) is 0 Å². The van der Waals surface area contributed by atoms with Gasteiger partial charge in [-0.25, -0.2) is 8.42 Å². The lowest BCUT2D eigenvalue weighted by Crippen LogP contribution is -2.13. The molecule has 1 heterocycles. The smallest absolute Gasteiger partial charge is 0.263 e. The van der Waals surface area contributed by atoms with Gasteiger partial charge in [0.1, 0.15) is 4.90 Å². The van der Waals surface area contributed by atoms with Crippen molar-refractivity contribution in [3.05, 3.63) is 44.6 Å². The number of aryl methyl sites for hydroxylation is 1. The van der Waals surface area contributed by atoms with Crippen molar-refractivity contribution in [2.45, 2.75) is 18.4 Å². The van der Waals surface area contributed by atoms with Gasteiger partial charge in [0.25, 0.3) is 10.0 Å². The molecule has 0 aliphatic carbocycles. The fraction of sp³-hybridized carbons (Fsp3) is 0.231. The molecule has 0 saturated carbocycles. The molecular formula is C13H15BrN2O2S2. The van der Waals surface area contributed by atoms with E-state index in [4.69, 9.17) is 0 Å². The Morgan fingerprint density at radius 2 is 2.05 bits per heavy atom. The van der Waals surface area contributed by atoms with Gasteiger partial charge in [-0.05, 0) is 38.2 Å². The van der Waals surface area contributed by atoms with Crippen molar-refractivity contribution in [2.24, 2.45) is 0 Å². The van der Waals surface area contributed by atoms with Crippen molar-refractivity contribution in [3.8, 4) is 0 Å². The molecule has 0 saturated heterocycles. The molecule has 7 heteroatoms. The SMILES string of the molecule is CNCc1cc(S(=O)(=O)Nc2cccc(Br)c2)c(C)s1. The van der Waals surface area contributed by atoms with Crippen molar-refractivity contribution in [1.82, 2.24) is 5.32 Å². The highest BCUT2D eigenvalue weighted by Gasteiger charge is 2.20. The number of sulfonamides is 1. The average molecular weight is 375 g/mol. The molecule has 0 amide bonds. The summed E-state index contributed by atoms with van der Waals surface area (Å²) in [7, 11) is -1.71. The van der Waals surface area contributed by atoms with E-state index in [-0.39, 0.29) is 0 Å². The predicted octanol–water partition coefficient (Wildman–Crippen LogP) is 3.34. The molecule has 0 aliphatic heterocycles. The van der Waals surface area contributed by atoms with E-state index in [0.29, 0.717) is 17.1 Å². The largest absolute Gasteiger partial charge is 0.315 e. The zero-order chi connectivity index (χ0) is 14.8. The first-order valence-electron chi connectivity index (χ1n) is 5.94. The molecular weight excluding hydrogens is 360 g/mol. The van der Waals surface area contributed by atoms with E-state index >= 15 is 0 Å². The molecule has 0 fully saturated rings. The molecule has 0 atom stereocenters. The summed E-state index contributed by atoms with van der Waals surface area (Å²) in [6.07, 6.45) is 0. The number of thiophene rings is 1. The van der Waals surface area contributed by atoms with Gasteiger partial charge in [0.05, 0.1) is 0 Å². The van der Waals surface area contributed by atoms with Crippen LogP contribution in [0.25, 0.3) is 0 Å². The number of hydrogen-bond acceptors (Lipinski definition) is 4. The third kappa shape index (κ3) is 3.60. The standard InChI is InChI=1S/C13H15BrN2O2S2/c1-9-13(7-12(19-9)8-15-2)20(17,18)16-11-5-3-4-10(14)6-11/h3-7,15-16H,8H2,1-2H3. The minimum atomic E-state index is -3.55. The Kier molecular flexibility index (Phi) is 4.85. The molecule has 0 radical (unpaired) electrons. The third-order valence-corrected chi connectivity index (χ3v) is 5.82. The predicted molar refractivity (Wildman–Crippen MR) is 86.8 cm³/mol. The van der Waals surface area contributed by atoms with Crippen molar-refractivity contribution < 1.29 is 8.42 Å². The second-order valence-electron chi connectivity index (χ2n) is 4.28. The van der Waals surface area contributed by atoms with Crippen LogP contribution in [0.15, 0.2) is 39.7 Å². The molecule has 0 unspecified atom stereocenters. The van der Waals surface area contributed by atoms with Crippen molar-refractivity contribution in [1.29, 1.82) is 0 Å². The van der Waals surface area contributed by atoms with Crippen molar-refractivity contribution >= 4 is 43.0 Å². The van der Waals surface area contributed by atoms with E-state index in [0.717, 1.165) is 14.2 Å². The Bertz CT molecular complexity index is 711. The Labute approximate surface area is 131 Å². The summed E-state index contributed by atoms with van der Waals surface area (Å²) < 4.78 is 28.3. The van der Waals surface area contributed by atoms with E-state index in [1.807, 2.05) is 20.0 Å². The Hall–Kier alpha value is -0.890. The fourth-order valence-corrected chi connectivity index (χ4v) is 4.91. The Morgan fingerprint density at radius 1 is 1.30 bits per heavy atom. The first kappa shape index (κ1) is 15.5. The molecule has 0 bridgehead atoms. The second kappa shape index (κ2) is 6.26. The van der Waals surface area contributed by atoms with Gasteiger partial charge in [0.15, 0.2) is 0 Å². The number of nitrogens with one attached hydrogen (secondary N) is 2. The summed E-state index contributed by atoms with van der Waals surface area (Å²) in [5.41, 5.74) is 0.542. The van der Waals surface area contributed by atoms with E-state index in [9.17, 15) is 8.42 Å². The quantitative estimate of drug-likeness (QED) is 0.843. The van der Waals surface area contributed by atoms with Crippen LogP contribution >= 0.6 is 27.3 Å². The fourth-order valence-electron chi connectivity index (χ4n) is 1.81. The molecule has 0 spiro atoms. The highest BCUT2D eigenvalue weighted by atomic mass is 79.9. The van der Waals surface area contributed by atoms with Crippen LogP contribution in [0.3, 0.4) is 0 Å². The van der Waals surface area contributed by atoms with Gasteiger partial charge in [-0.2, -0.15) is 0 Å². The summed E-state index contributed by atoms with van der Waals surface area (Å²) in [6, 6.07) is 8.80. The molecule has 4 nitrogen and oxygen atoms in total. The normalized spacial score (nSPS) is 11.6. The Morgan fingerprint density at radius 3 is 2.70 bits per heavy atom. The average Bonchev–Trinajstić information content (AvgIpc) is 2.71. The summed E-state index contributed by atoms with van der Waals surface area (Å²) in [5, 5.41) is 3.02. The third-order valence-electron chi connectivity index (χ3n) is 2.64. The van der Waals surface area contributed by atoms with Gasteiger partial charge >= 0.3 is 0 Å². The zero-order valence-corrected chi connectivity index (χ0v) is 14.3. The minimum Gasteiger partial charge on any atom is -0.315 e. The number of hydrogen-bond donors (Lipinski definition) is 2. The zero-order valence-electron chi connectivity index (χ0n) is 11.1. The van der Waals surface area contributed by atoms with Crippen LogP contribution in [-0.4, -0.2) is 15.5 Å². The van der Waals surface area contributed by atoms with E-state index < -0.39 is 10.0 Å². The maximum absolute atomic E-state index is 12.4. The lowest BCUT2D eigenvalue weighted by Gasteiger charge is -2.07. The van der Waals surface area contributed by atoms with Gasteiger partial charge in [-0.1, -0.05) is 22.0 Å². The molecule has 0 aliphatic rings. The number of halogens is 1. The molecule has 2 N–H and O–H groups in total. The van der Waals surface area contributed by atoms with Crippen molar-refractivity contribution in [2.75, 3.05) is 11.8 Å². The van der Waals surface area contributed by atoms with Crippen LogP contribution < -0.4 is 10.0 Å². The molecule has 2 rings (SSSR count). The van der Waals surface area contributed by atoms with Crippen molar-refractivity contribution in [3.63, 3.8) is 0 Å². The molecule has 1 aromatic carbocycles. The van der Waals surface area contributed by atoms with Gasteiger partial charge in [-0.15, -0.1) is 11.3 Å². The maximum atomic E-state index is 12.4.